The molecular weight excluding hydrogens is 380 g/mol. The molecule has 1 aromatic heterocycles. The summed E-state index contributed by atoms with van der Waals surface area (Å²) in [5.74, 6) is 2.06. The Hall–Kier alpha value is -2.61. The van der Waals surface area contributed by atoms with Crippen molar-refractivity contribution < 1.29 is 9.32 Å². The van der Waals surface area contributed by atoms with Crippen molar-refractivity contribution in [1.82, 2.24) is 25.3 Å². The SMILES string of the molecule is CCNC(=NCCc1nc(-c2ccc(Cl)cc2)no1)N1CCN(C(C)=O)CC1. The molecule has 0 aliphatic carbocycles. The Balaban J connectivity index is 1.57. The number of guanidine groups is 1. The molecule has 0 radical (unpaired) electrons. The van der Waals surface area contributed by atoms with Crippen molar-refractivity contribution in [2.24, 2.45) is 4.99 Å². The van der Waals surface area contributed by atoms with Crippen molar-refractivity contribution in [1.29, 1.82) is 0 Å². The predicted molar refractivity (Wildman–Crippen MR) is 108 cm³/mol. The van der Waals surface area contributed by atoms with Crippen LogP contribution in [0.1, 0.15) is 19.7 Å². The number of piperazine rings is 1. The van der Waals surface area contributed by atoms with E-state index in [1.165, 1.54) is 0 Å². The number of nitrogens with zero attached hydrogens (tertiary/aromatic N) is 5. The molecule has 2 aromatic rings. The molecule has 9 heteroatoms. The van der Waals surface area contributed by atoms with Crippen molar-refractivity contribution in [3.63, 3.8) is 0 Å². The number of benzene rings is 1. The van der Waals surface area contributed by atoms with E-state index in [2.05, 4.69) is 25.3 Å². The van der Waals surface area contributed by atoms with Crippen LogP contribution in [-0.4, -0.2) is 71.1 Å². The van der Waals surface area contributed by atoms with Gasteiger partial charge in [0.05, 0.1) is 6.54 Å². The summed E-state index contributed by atoms with van der Waals surface area (Å²) >= 11 is 5.91. The number of nitrogens with one attached hydrogen (secondary N) is 1. The number of carbonyl (C=O) groups excluding carboxylic acids is 1. The summed E-state index contributed by atoms with van der Waals surface area (Å²) in [6, 6.07) is 7.32. The molecule has 1 N–H and O–H groups in total. The highest BCUT2D eigenvalue weighted by Gasteiger charge is 2.20. The number of aromatic nitrogens is 2. The van der Waals surface area contributed by atoms with Crippen molar-refractivity contribution >= 4 is 23.5 Å². The second-order valence-corrected chi connectivity index (χ2v) is 6.93. The van der Waals surface area contributed by atoms with Crippen molar-refractivity contribution in [2.45, 2.75) is 20.3 Å². The van der Waals surface area contributed by atoms with Gasteiger partial charge in [0.1, 0.15) is 0 Å². The largest absolute Gasteiger partial charge is 0.357 e. The van der Waals surface area contributed by atoms with Gasteiger partial charge in [0.15, 0.2) is 5.96 Å². The van der Waals surface area contributed by atoms with Crippen LogP contribution in [0.5, 0.6) is 0 Å². The van der Waals surface area contributed by atoms with Crippen molar-refractivity contribution in [3.05, 3.63) is 35.2 Å². The summed E-state index contributed by atoms with van der Waals surface area (Å²) in [5.41, 5.74) is 0.861. The zero-order chi connectivity index (χ0) is 19.9. The van der Waals surface area contributed by atoms with Gasteiger partial charge >= 0.3 is 0 Å². The Kier molecular flexibility index (Phi) is 6.86. The fourth-order valence-corrected chi connectivity index (χ4v) is 3.12. The van der Waals surface area contributed by atoms with E-state index < -0.39 is 0 Å². The van der Waals surface area contributed by atoms with Crippen LogP contribution in [0.25, 0.3) is 11.4 Å². The Morgan fingerprint density at radius 3 is 2.54 bits per heavy atom. The average molecular weight is 405 g/mol. The highest BCUT2D eigenvalue weighted by atomic mass is 35.5. The molecule has 1 fully saturated rings. The highest BCUT2D eigenvalue weighted by molar-refractivity contribution is 6.30. The summed E-state index contributed by atoms with van der Waals surface area (Å²) in [7, 11) is 0. The van der Waals surface area contributed by atoms with Gasteiger partial charge in [-0.25, -0.2) is 0 Å². The zero-order valence-corrected chi connectivity index (χ0v) is 16.9. The van der Waals surface area contributed by atoms with Crippen LogP contribution in [0.15, 0.2) is 33.8 Å². The summed E-state index contributed by atoms with van der Waals surface area (Å²) in [6.07, 6.45) is 0.558. The molecule has 0 bridgehead atoms. The third-order valence-corrected chi connectivity index (χ3v) is 4.77. The first-order valence-electron chi connectivity index (χ1n) is 9.44. The van der Waals surface area contributed by atoms with E-state index in [-0.39, 0.29) is 5.91 Å². The van der Waals surface area contributed by atoms with Gasteiger partial charge in [-0.15, -0.1) is 0 Å². The maximum atomic E-state index is 11.5. The van der Waals surface area contributed by atoms with Crippen LogP contribution < -0.4 is 5.32 Å². The van der Waals surface area contributed by atoms with Crippen LogP contribution >= 0.6 is 11.6 Å². The van der Waals surface area contributed by atoms with Crippen LogP contribution in [0, 0.1) is 0 Å². The molecule has 0 saturated carbocycles. The summed E-state index contributed by atoms with van der Waals surface area (Å²) in [4.78, 5) is 24.6. The van der Waals surface area contributed by atoms with Crippen LogP contribution in [0.2, 0.25) is 5.02 Å². The maximum Gasteiger partial charge on any atom is 0.228 e. The first-order valence-corrected chi connectivity index (χ1v) is 9.82. The maximum absolute atomic E-state index is 11.5. The lowest BCUT2D eigenvalue weighted by Gasteiger charge is -2.36. The summed E-state index contributed by atoms with van der Waals surface area (Å²) in [6.45, 7) is 7.95. The lowest BCUT2D eigenvalue weighted by atomic mass is 10.2. The van der Waals surface area contributed by atoms with Gasteiger partial charge in [-0.2, -0.15) is 4.98 Å². The molecule has 0 atom stereocenters. The number of hydrogen-bond acceptors (Lipinski definition) is 5. The lowest BCUT2D eigenvalue weighted by molar-refractivity contribution is -0.130. The molecule has 150 valence electrons. The summed E-state index contributed by atoms with van der Waals surface area (Å²) in [5, 5.41) is 8.00. The van der Waals surface area contributed by atoms with E-state index in [0.29, 0.717) is 42.8 Å². The third-order valence-electron chi connectivity index (χ3n) is 4.52. The van der Waals surface area contributed by atoms with Gasteiger partial charge in [0.2, 0.25) is 17.6 Å². The molecule has 1 aliphatic rings. The van der Waals surface area contributed by atoms with Gasteiger partial charge in [0.25, 0.3) is 0 Å². The van der Waals surface area contributed by atoms with Gasteiger partial charge in [-0.3, -0.25) is 9.79 Å². The molecule has 1 saturated heterocycles. The first kappa shape index (κ1) is 20.1. The normalized spacial score (nSPS) is 15.0. The Bertz CT molecular complexity index is 812. The van der Waals surface area contributed by atoms with Gasteiger partial charge in [-0.05, 0) is 31.2 Å². The Morgan fingerprint density at radius 2 is 1.89 bits per heavy atom. The second kappa shape index (κ2) is 9.54. The molecule has 8 nitrogen and oxygen atoms in total. The molecule has 0 unspecified atom stereocenters. The molecule has 3 rings (SSSR count). The molecule has 28 heavy (non-hydrogen) atoms. The smallest absolute Gasteiger partial charge is 0.228 e. The number of carbonyl (C=O) groups is 1. The Labute approximate surface area is 169 Å². The quantitative estimate of drug-likeness (QED) is 0.606. The molecular formula is C19H25ClN6O2. The van der Waals surface area contributed by atoms with Gasteiger partial charge in [0, 0.05) is 56.7 Å². The van der Waals surface area contributed by atoms with Gasteiger partial charge in [-0.1, -0.05) is 16.8 Å². The number of hydrogen-bond donors (Lipinski definition) is 1. The zero-order valence-electron chi connectivity index (χ0n) is 16.2. The fourth-order valence-electron chi connectivity index (χ4n) is 2.99. The minimum Gasteiger partial charge on any atom is -0.357 e. The Morgan fingerprint density at radius 1 is 1.21 bits per heavy atom. The lowest BCUT2D eigenvalue weighted by Crippen LogP contribution is -2.53. The van der Waals surface area contributed by atoms with E-state index in [1.54, 1.807) is 19.1 Å². The third kappa shape index (κ3) is 5.22. The number of rotatable bonds is 5. The minimum atomic E-state index is 0.120. The molecule has 1 aromatic carbocycles. The van der Waals surface area contributed by atoms with E-state index in [1.807, 2.05) is 24.0 Å². The molecule has 2 heterocycles. The van der Waals surface area contributed by atoms with Crippen LogP contribution in [-0.2, 0) is 11.2 Å². The summed E-state index contributed by atoms with van der Waals surface area (Å²) < 4.78 is 5.34. The molecule has 1 amide bonds. The van der Waals surface area contributed by atoms with E-state index >= 15 is 0 Å². The monoisotopic (exact) mass is 404 g/mol. The van der Waals surface area contributed by atoms with Crippen molar-refractivity contribution in [2.75, 3.05) is 39.3 Å². The fraction of sp³-hybridized carbons (Fsp3) is 0.474. The van der Waals surface area contributed by atoms with E-state index in [0.717, 1.165) is 31.2 Å². The topological polar surface area (TPSA) is 86.9 Å². The average Bonchev–Trinajstić information content (AvgIpc) is 3.17. The highest BCUT2D eigenvalue weighted by Crippen LogP contribution is 2.18. The van der Waals surface area contributed by atoms with Gasteiger partial charge < -0.3 is 19.6 Å². The molecule has 0 spiro atoms. The first-order chi connectivity index (χ1) is 13.6. The minimum absolute atomic E-state index is 0.120. The predicted octanol–water partition coefficient (Wildman–Crippen LogP) is 2.06. The van der Waals surface area contributed by atoms with Crippen LogP contribution in [0.3, 0.4) is 0 Å². The van der Waals surface area contributed by atoms with E-state index in [4.69, 9.17) is 16.1 Å². The van der Waals surface area contributed by atoms with Crippen LogP contribution in [0.4, 0.5) is 0 Å². The number of amides is 1. The standard InChI is InChI=1S/C19H25ClN6O2/c1-3-21-19(26-12-10-25(11-13-26)14(2)27)22-9-8-17-23-18(24-28-17)15-4-6-16(20)7-5-15/h4-7H,3,8-13H2,1-2H3,(H,21,22). The number of halogens is 1. The van der Waals surface area contributed by atoms with E-state index in [9.17, 15) is 4.79 Å². The second-order valence-electron chi connectivity index (χ2n) is 6.50. The number of aliphatic imine (C=N–C) groups is 1. The molecule has 1 aliphatic heterocycles. The van der Waals surface area contributed by atoms with Crippen molar-refractivity contribution in [3.8, 4) is 11.4 Å².